The molecular formula is C20H23NO5. The molecule has 0 aliphatic carbocycles. The average molecular weight is 357 g/mol. The molecule has 0 spiro atoms. The summed E-state index contributed by atoms with van der Waals surface area (Å²) in [5.41, 5.74) is 2.81. The van der Waals surface area contributed by atoms with Crippen LogP contribution in [0.15, 0.2) is 24.3 Å². The Kier molecular flexibility index (Phi) is 5.97. The SMILES string of the molecule is CCOC(=O)c1c(C)[nH]c(C(=O)[C@@H](C)OC(=O)c2ccccc2C)c1C. The molecule has 1 heterocycles. The quantitative estimate of drug-likeness (QED) is 0.631. The van der Waals surface area contributed by atoms with Crippen LogP contribution in [0, 0.1) is 20.8 Å². The maximum absolute atomic E-state index is 12.7. The van der Waals surface area contributed by atoms with Gasteiger partial charge in [0.05, 0.1) is 23.4 Å². The Morgan fingerprint density at radius 1 is 1.08 bits per heavy atom. The van der Waals surface area contributed by atoms with Crippen molar-refractivity contribution in [1.82, 2.24) is 4.98 Å². The molecule has 1 N–H and O–H groups in total. The summed E-state index contributed by atoms with van der Waals surface area (Å²) in [6, 6.07) is 7.01. The maximum atomic E-state index is 12.7. The number of benzene rings is 1. The van der Waals surface area contributed by atoms with Gasteiger partial charge in [-0.25, -0.2) is 9.59 Å². The minimum Gasteiger partial charge on any atom is -0.462 e. The van der Waals surface area contributed by atoms with Crippen LogP contribution in [0.2, 0.25) is 0 Å². The number of rotatable bonds is 6. The minimum atomic E-state index is -0.992. The van der Waals surface area contributed by atoms with Gasteiger partial charge in [0.1, 0.15) is 0 Å². The lowest BCUT2D eigenvalue weighted by atomic mass is 10.1. The van der Waals surface area contributed by atoms with E-state index < -0.39 is 23.8 Å². The molecule has 1 aromatic heterocycles. The first kappa shape index (κ1) is 19.4. The van der Waals surface area contributed by atoms with Crippen LogP contribution in [0.1, 0.15) is 61.9 Å². The van der Waals surface area contributed by atoms with E-state index in [9.17, 15) is 14.4 Å². The number of hydrogen-bond donors (Lipinski definition) is 1. The van der Waals surface area contributed by atoms with Gasteiger partial charge in [-0.3, -0.25) is 4.79 Å². The number of Topliss-reactive ketones (excluding diaryl/α,β-unsaturated/α-hetero) is 1. The lowest BCUT2D eigenvalue weighted by Crippen LogP contribution is -2.25. The first-order valence-electron chi connectivity index (χ1n) is 8.45. The van der Waals surface area contributed by atoms with E-state index in [0.717, 1.165) is 5.56 Å². The molecule has 6 nitrogen and oxygen atoms in total. The summed E-state index contributed by atoms with van der Waals surface area (Å²) in [5.74, 6) is -1.44. The third-order valence-corrected chi connectivity index (χ3v) is 4.18. The van der Waals surface area contributed by atoms with Crippen molar-refractivity contribution in [3.63, 3.8) is 0 Å². The highest BCUT2D eigenvalue weighted by Gasteiger charge is 2.28. The zero-order valence-corrected chi connectivity index (χ0v) is 15.6. The van der Waals surface area contributed by atoms with Gasteiger partial charge in [0.2, 0.25) is 5.78 Å². The molecule has 0 fully saturated rings. The number of H-pyrrole nitrogens is 1. The predicted molar refractivity (Wildman–Crippen MR) is 96.6 cm³/mol. The fourth-order valence-electron chi connectivity index (χ4n) is 2.79. The lowest BCUT2D eigenvalue weighted by Gasteiger charge is -2.13. The van der Waals surface area contributed by atoms with Crippen molar-refractivity contribution in [2.75, 3.05) is 6.61 Å². The topological polar surface area (TPSA) is 85.5 Å². The van der Waals surface area contributed by atoms with Gasteiger partial charge in [-0.05, 0) is 51.8 Å². The Bertz CT molecular complexity index is 850. The average Bonchev–Trinajstić information content (AvgIpc) is 2.89. The Labute approximate surface area is 152 Å². The van der Waals surface area contributed by atoms with E-state index in [4.69, 9.17) is 9.47 Å². The smallest absolute Gasteiger partial charge is 0.340 e. The standard InChI is InChI=1S/C20H23NO5/c1-6-25-20(24)16-12(3)17(21-13(16)4)18(22)14(5)26-19(23)15-10-8-7-9-11(15)2/h7-10,14,21H,6H2,1-5H3/t14-/m1/s1. The van der Waals surface area contributed by atoms with Crippen LogP contribution < -0.4 is 0 Å². The zero-order chi connectivity index (χ0) is 19.4. The summed E-state index contributed by atoms with van der Waals surface area (Å²) in [6.45, 7) is 8.63. The van der Waals surface area contributed by atoms with Gasteiger partial charge >= 0.3 is 11.9 Å². The number of ketones is 1. The van der Waals surface area contributed by atoms with Gasteiger partial charge in [0.15, 0.2) is 6.10 Å². The predicted octanol–water partition coefficient (Wildman–Crippen LogP) is 3.54. The highest BCUT2D eigenvalue weighted by atomic mass is 16.5. The molecule has 1 atom stereocenters. The second-order valence-corrected chi connectivity index (χ2v) is 6.07. The molecule has 0 aliphatic heterocycles. The minimum absolute atomic E-state index is 0.246. The van der Waals surface area contributed by atoms with Crippen molar-refractivity contribution in [3.05, 3.63) is 57.9 Å². The first-order valence-corrected chi connectivity index (χ1v) is 8.45. The van der Waals surface area contributed by atoms with Crippen molar-refractivity contribution in [3.8, 4) is 0 Å². The van der Waals surface area contributed by atoms with E-state index >= 15 is 0 Å². The van der Waals surface area contributed by atoms with E-state index in [-0.39, 0.29) is 12.3 Å². The summed E-state index contributed by atoms with van der Waals surface area (Å²) >= 11 is 0. The summed E-state index contributed by atoms with van der Waals surface area (Å²) in [7, 11) is 0. The maximum Gasteiger partial charge on any atom is 0.340 e. The molecule has 0 saturated heterocycles. The van der Waals surface area contributed by atoms with E-state index in [1.165, 1.54) is 6.92 Å². The number of hydrogen-bond acceptors (Lipinski definition) is 5. The third kappa shape index (κ3) is 3.85. The highest BCUT2D eigenvalue weighted by molar-refractivity contribution is 6.04. The van der Waals surface area contributed by atoms with Crippen LogP contribution in [-0.4, -0.2) is 35.4 Å². The van der Waals surface area contributed by atoms with Gasteiger partial charge in [0.25, 0.3) is 0 Å². The summed E-state index contributed by atoms with van der Waals surface area (Å²) in [6.07, 6.45) is -0.992. The second kappa shape index (κ2) is 7.99. The van der Waals surface area contributed by atoms with E-state index in [1.54, 1.807) is 45.9 Å². The molecule has 0 bridgehead atoms. The third-order valence-electron chi connectivity index (χ3n) is 4.18. The first-order chi connectivity index (χ1) is 12.3. The van der Waals surface area contributed by atoms with Crippen LogP contribution in [0.5, 0.6) is 0 Å². The number of carbonyl (C=O) groups excluding carboxylic acids is 3. The van der Waals surface area contributed by atoms with Crippen molar-refractivity contribution in [2.45, 2.75) is 40.7 Å². The molecule has 0 aliphatic rings. The summed E-state index contributed by atoms with van der Waals surface area (Å²) in [5, 5.41) is 0. The number of carbonyl (C=O) groups is 3. The van der Waals surface area contributed by atoms with Crippen molar-refractivity contribution in [2.24, 2.45) is 0 Å². The highest BCUT2D eigenvalue weighted by Crippen LogP contribution is 2.21. The van der Waals surface area contributed by atoms with Crippen LogP contribution in [0.3, 0.4) is 0 Å². The van der Waals surface area contributed by atoms with Gasteiger partial charge in [-0.1, -0.05) is 18.2 Å². The number of nitrogens with one attached hydrogen (secondary N) is 1. The largest absolute Gasteiger partial charge is 0.462 e. The van der Waals surface area contributed by atoms with E-state index in [1.807, 2.05) is 6.07 Å². The molecule has 138 valence electrons. The molecule has 2 aromatic rings. The zero-order valence-electron chi connectivity index (χ0n) is 15.6. The van der Waals surface area contributed by atoms with Gasteiger partial charge in [-0.2, -0.15) is 0 Å². The van der Waals surface area contributed by atoms with E-state index in [0.29, 0.717) is 22.4 Å². The van der Waals surface area contributed by atoms with Crippen LogP contribution >= 0.6 is 0 Å². The fraction of sp³-hybridized carbons (Fsp3) is 0.350. The van der Waals surface area contributed by atoms with Crippen molar-refractivity contribution < 1.29 is 23.9 Å². The van der Waals surface area contributed by atoms with Crippen LogP contribution in [0.4, 0.5) is 0 Å². The van der Waals surface area contributed by atoms with Gasteiger partial charge < -0.3 is 14.5 Å². The monoisotopic (exact) mass is 357 g/mol. The van der Waals surface area contributed by atoms with Gasteiger partial charge in [0, 0.05) is 5.69 Å². The van der Waals surface area contributed by atoms with Crippen molar-refractivity contribution in [1.29, 1.82) is 0 Å². The Morgan fingerprint density at radius 3 is 2.35 bits per heavy atom. The Hall–Kier alpha value is -2.89. The Morgan fingerprint density at radius 2 is 1.73 bits per heavy atom. The van der Waals surface area contributed by atoms with E-state index in [2.05, 4.69) is 4.98 Å². The molecule has 6 heteroatoms. The number of aromatic amines is 1. The van der Waals surface area contributed by atoms with Crippen LogP contribution in [0.25, 0.3) is 0 Å². The molecule has 1 aromatic carbocycles. The molecule has 26 heavy (non-hydrogen) atoms. The number of aryl methyl sites for hydroxylation is 2. The molecule has 0 unspecified atom stereocenters. The number of aromatic nitrogens is 1. The Balaban J connectivity index is 2.21. The number of ether oxygens (including phenoxy) is 2. The molecule has 0 amide bonds. The molecular weight excluding hydrogens is 334 g/mol. The second-order valence-electron chi connectivity index (χ2n) is 6.07. The fourth-order valence-corrected chi connectivity index (χ4v) is 2.79. The van der Waals surface area contributed by atoms with Crippen LogP contribution in [-0.2, 0) is 9.47 Å². The molecule has 2 rings (SSSR count). The number of esters is 2. The normalized spacial score (nSPS) is 11.7. The summed E-state index contributed by atoms with van der Waals surface area (Å²) < 4.78 is 10.3. The lowest BCUT2D eigenvalue weighted by molar-refractivity contribution is 0.0316. The summed E-state index contributed by atoms with van der Waals surface area (Å²) in [4.78, 5) is 40.0. The van der Waals surface area contributed by atoms with Gasteiger partial charge in [-0.15, -0.1) is 0 Å². The van der Waals surface area contributed by atoms with Crippen molar-refractivity contribution >= 4 is 17.7 Å². The molecule has 0 saturated carbocycles. The molecule has 0 radical (unpaired) electrons.